The molecule has 6 heteroatoms. The molecule has 0 saturated carbocycles. The van der Waals surface area contributed by atoms with Crippen LogP contribution >= 0.6 is 0 Å². The van der Waals surface area contributed by atoms with Gasteiger partial charge in [0, 0.05) is 43.1 Å². The van der Waals surface area contributed by atoms with E-state index < -0.39 is 17.7 Å². The summed E-state index contributed by atoms with van der Waals surface area (Å²) < 4.78 is 0. The first kappa shape index (κ1) is 24.8. The molecule has 2 saturated heterocycles. The number of hydrogen-bond donors (Lipinski definition) is 1. The molecule has 1 amide bonds. The maximum absolute atomic E-state index is 13.5. The van der Waals surface area contributed by atoms with E-state index in [1.165, 1.54) is 4.90 Å². The molecule has 3 aromatic rings. The Morgan fingerprint density at radius 1 is 0.892 bits per heavy atom. The number of benzene rings is 3. The fourth-order valence-electron chi connectivity index (χ4n) is 5.20. The van der Waals surface area contributed by atoms with Crippen LogP contribution in [0.4, 0.5) is 11.4 Å². The number of aliphatic hydroxyl groups is 1. The van der Waals surface area contributed by atoms with Crippen LogP contribution in [0.2, 0.25) is 0 Å². The lowest BCUT2D eigenvalue weighted by Gasteiger charge is -2.34. The number of aliphatic hydroxyl groups excluding tert-OH is 1. The Bertz CT molecular complexity index is 1340. The molecule has 3 aromatic carbocycles. The van der Waals surface area contributed by atoms with Crippen molar-refractivity contribution in [1.29, 1.82) is 0 Å². The van der Waals surface area contributed by atoms with Gasteiger partial charge in [0.05, 0.1) is 11.6 Å². The van der Waals surface area contributed by atoms with Gasteiger partial charge in [-0.25, -0.2) is 0 Å². The highest BCUT2D eigenvalue weighted by Crippen LogP contribution is 2.42. The summed E-state index contributed by atoms with van der Waals surface area (Å²) in [4.78, 5) is 33.0. The third kappa shape index (κ3) is 4.77. The number of ketones is 1. The molecule has 5 rings (SSSR count). The number of hydrogen-bond acceptors (Lipinski definition) is 5. The van der Waals surface area contributed by atoms with Crippen molar-refractivity contribution in [2.45, 2.75) is 26.3 Å². The van der Waals surface area contributed by atoms with Gasteiger partial charge in [0.2, 0.25) is 0 Å². The van der Waals surface area contributed by atoms with Crippen LogP contribution in [0.5, 0.6) is 0 Å². The van der Waals surface area contributed by atoms with Crippen LogP contribution in [0.3, 0.4) is 0 Å². The first-order valence-electron chi connectivity index (χ1n) is 12.9. The van der Waals surface area contributed by atoms with Gasteiger partial charge in [-0.1, -0.05) is 61.0 Å². The van der Waals surface area contributed by atoms with Crippen molar-refractivity contribution >= 4 is 28.8 Å². The third-order valence-corrected chi connectivity index (χ3v) is 7.43. The molecular formula is C31H33N3O3. The first-order valence-corrected chi connectivity index (χ1v) is 12.9. The van der Waals surface area contributed by atoms with E-state index in [1.54, 1.807) is 12.1 Å². The molecule has 0 bridgehead atoms. The minimum atomic E-state index is -0.722. The average Bonchev–Trinajstić information content (AvgIpc) is 3.19. The number of rotatable bonds is 5. The van der Waals surface area contributed by atoms with E-state index in [9.17, 15) is 14.7 Å². The van der Waals surface area contributed by atoms with Gasteiger partial charge in [0.25, 0.3) is 11.7 Å². The molecule has 2 aliphatic rings. The van der Waals surface area contributed by atoms with Gasteiger partial charge >= 0.3 is 0 Å². The zero-order chi connectivity index (χ0) is 26.1. The molecule has 2 fully saturated rings. The molecule has 6 nitrogen and oxygen atoms in total. The monoisotopic (exact) mass is 495 g/mol. The quantitative estimate of drug-likeness (QED) is 0.309. The van der Waals surface area contributed by atoms with Gasteiger partial charge in [-0.15, -0.1) is 0 Å². The number of carbonyl (C=O) groups excluding carboxylic acids is 2. The molecule has 37 heavy (non-hydrogen) atoms. The van der Waals surface area contributed by atoms with Crippen LogP contribution in [0.15, 0.2) is 78.4 Å². The van der Waals surface area contributed by atoms with Crippen molar-refractivity contribution in [3.05, 3.63) is 101 Å². The van der Waals surface area contributed by atoms with Crippen molar-refractivity contribution in [3.63, 3.8) is 0 Å². The highest BCUT2D eigenvalue weighted by molar-refractivity contribution is 6.51. The lowest BCUT2D eigenvalue weighted by molar-refractivity contribution is -0.132. The van der Waals surface area contributed by atoms with E-state index in [-0.39, 0.29) is 11.3 Å². The topological polar surface area (TPSA) is 64.1 Å². The van der Waals surface area contributed by atoms with Crippen molar-refractivity contribution in [3.8, 4) is 0 Å². The summed E-state index contributed by atoms with van der Waals surface area (Å²) in [7, 11) is 2.13. The molecule has 190 valence electrons. The highest BCUT2D eigenvalue weighted by atomic mass is 16.3. The molecule has 1 unspecified atom stereocenters. The Balaban J connectivity index is 1.57. The van der Waals surface area contributed by atoms with Gasteiger partial charge < -0.3 is 14.9 Å². The predicted molar refractivity (Wildman–Crippen MR) is 148 cm³/mol. The van der Waals surface area contributed by atoms with Crippen LogP contribution in [0.25, 0.3) is 5.76 Å². The van der Waals surface area contributed by atoms with E-state index in [4.69, 9.17) is 0 Å². The fraction of sp³-hybridized carbons (Fsp3) is 0.290. The second-order valence-electron chi connectivity index (χ2n) is 9.94. The fourth-order valence-corrected chi connectivity index (χ4v) is 5.20. The van der Waals surface area contributed by atoms with E-state index in [0.29, 0.717) is 11.3 Å². The van der Waals surface area contributed by atoms with Crippen molar-refractivity contribution in [1.82, 2.24) is 4.90 Å². The number of Topliss-reactive ketones (excluding diaryl/α,β-unsaturated/α-hetero) is 1. The van der Waals surface area contributed by atoms with E-state index in [2.05, 4.69) is 23.8 Å². The van der Waals surface area contributed by atoms with Gasteiger partial charge in [0.15, 0.2) is 0 Å². The Kier molecular flexibility index (Phi) is 6.85. The smallest absolute Gasteiger partial charge is 0.300 e. The normalized spacial score (nSPS) is 20.0. The zero-order valence-electron chi connectivity index (χ0n) is 21.6. The average molecular weight is 496 g/mol. The highest BCUT2D eigenvalue weighted by Gasteiger charge is 2.47. The summed E-state index contributed by atoms with van der Waals surface area (Å²) in [5, 5.41) is 11.3. The Labute approximate surface area is 218 Å². The second-order valence-corrected chi connectivity index (χ2v) is 9.94. The molecule has 0 spiro atoms. The Morgan fingerprint density at radius 2 is 1.54 bits per heavy atom. The summed E-state index contributed by atoms with van der Waals surface area (Å²) in [6.07, 6.45) is 0.874. The van der Waals surface area contributed by atoms with Crippen molar-refractivity contribution in [2.24, 2.45) is 0 Å². The summed E-state index contributed by atoms with van der Waals surface area (Å²) in [5.41, 5.74) is 5.30. The molecule has 1 N–H and O–H groups in total. The molecule has 0 radical (unpaired) electrons. The van der Waals surface area contributed by atoms with Gasteiger partial charge in [-0.05, 0) is 55.8 Å². The molecule has 0 aliphatic carbocycles. The number of piperazine rings is 1. The van der Waals surface area contributed by atoms with Crippen LogP contribution in [-0.4, -0.2) is 54.9 Å². The number of anilines is 2. The van der Waals surface area contributed by atoms with E-state index >= 15 is 0 Å². The van der Waals surface area contributed by atoms with E-state index in [1.807, 2.05) is 67.6 Å². The molecule has 2 heterocycles. The number of carbonyl (C=O) groups is 2. The molecular weight excluding hydrogens is 462 g/mol. The minimum absolute atomic E-state index is 0.114. The van der Waals surface area contributed by atoms with Crippen molar-refractivity contribution in [2.75, 3.05) is 43.0 Å². The van der Waals surface area contributed by atoms with Crippen LogP contribution in [0.1, 0.15) is 35.2 Å². The van der Waals surface area contributed by atoms with Gasteiger partial charge in [-0.3, -0.25) is 14.5 Å². The van der Waals surface area contributed by atoms with Crippen LogP contribution in [-0.2, 0) is 16.0 Å². The SMILES string of the molecule is CCc1ccc(/C(O)=C2\C(=O)C(=O)N(c3ccc(N4CCN(C)CC4)cc3)C2c2cccc(C)c2)cc1. The van der Waals surface area contributed by atoms with Crippen molar-refractivity contribution < 1.29 is 14.7 Å². The number of aryl methyl sites for hydroxylation is 2. The maximum Gasteiger partial charge on any atom is 0.300 e. The molecule has 1 atom stereocenters. The van der Waals surface area contributed by atoms with Gasteiger partial charge in [-0.2, -0.15) is 0 Å². The van der Waals surface area contributed by atoms with Gasteiger partial charge in [0.1, 0.15) is 5.76 Å². The Morgan fingerprint density at radius 3 is 2.16 bits per heavy atom. The first-order chi connectivity index (χ1) is 17.9. The molecule has 0 aromatic heterocycles. The number of likely N-dealkylation sites (N-methyl/N-ethyl adjacent to an activating group) is 1. The largest absolute Gasteiger partial charge is 0.507 e. The summed E-state index contributed by atoms with van der Waals surface area (Å²) in [5.74, 6) is -1.46. The number of nitrogens with zero attached hydrogens (tertiary/aromatic N) is 3. The summed E-state index contributed by atoms with van der Waals surface area (Å²) in [6, 6.07) is 22.3. The standard InChI is InChI=1S/C31H33N3O3/c1-4-22-8-10-23(11-9-22)29(35)27-28(24-7-5-6-21(2)20-24)34(31(37)30(27)36)26-14-12-25(13-15-26)33-18-16-32(3)17-19-33/h5-15,20,28,35H,4,16-19H2,1-3H3/b29-27+. The predicted octanol–water partition coefficient (Wildman–Crippen LogP) is 4.94. The second kappa shape index (κ2) is 10.2. The van der Waals surface area contributed by atoms with Crippen LogP contribution in [0, 0.1) is 6.92 Å². The summed E-state index contributed by atoms with van der Waals surface area (Å²) in [6.45, 7) is 7.93. The minimum Gasteiger partial charge on any atom is -0.507 e. The maximum atomic E-state index is 13.5. The third-order valence-electron chi connectivity index (χ3n) is 7.43. The summed E-state index contributed by atoms with van der Waals surface area (Å²) >= 11 is 0. The number of amides is 1. The Hall–Kier alpha value is -3.90. The zero-order valence-corrected chi connectivity index (χ0v) is 21.6. The van der Waals surface area contributed by atoms with E-state index in [0.717, 1.165) is 55.0 Å². The van der Waals surface area contributed by atoms with Crippen LogP contribution < -0.4 is 9.80 Å². The lowest BCUT2D eigenvalue weighted by atomic mass is 9.94. The molecule has 2 aliphatic heterocycles. The lowest BCUT2D eigenvalue weighted by Crippen LogP contribution is -2.44.